The molecule has 3 aromatic carbocycles. The predicted molar refractivity (Wildman–Crippen MR) is 167 cm³/mol. The second-order valence-corrected chi connectivity index (χ2v) is 9.68. The minimum absolute atomic E-state index is 0.237. The summed E-state index contributed by atoms with van der Waals surface area (Å²) in [4.78, 5) is 5.02. The molecule has 5 rings (SSSR count). The third kappa shape index (κ3) is 5.65. The average Bonchev–Trinajstić information content (AvgIpc) is 3.07. The third-order valence-electron chi connectivity index (χ3n) is 7.24. The first kappa shape index (κ1) is 30.1. The molecule has 0 amide bonds. The van der Waals surface area contributed by atoms with Crippen LogP contribution in [0.1, 0.15) is 22.4 Å². The molecule has 1 aromatic heterocycles. The molecule has 0 radical (unpaired) electrons. The van der Waals surface area contributed by atoms with Gasteiger partial charge in [0.15, 0.2) is 23.0 Å². The Balaban J connectivity index is 1.79. The van der Waals surface area contributed by atoms with Crippen LogP contribution in [0.15, 0.2) is 54.6 Å². The van der Waals surface area contributed by atoms with Crippen molar-refractivity contribution in [2.75, 3.05) is 54.6 Å². The fourth-order valence-corrected chi connectivity index (χ4v) is 5.26. The first-order valence-corrected chi connectivity index (χ1v) is 13.7. The van der Waals surface area contributed by atoms with Gasteiger partial charge < -0.3 is 38.5 Å². The summed E-state index contributed by atoms with van der Waals surface area (Å²) in [5, 5.41) is 13.9. The topological polar surface area (TPSA) is 113 Å². The summed E-state index contributed by atoms with van der Waals surface area (Å²) in [6.07, 6.45) is 1.97. The number of anilines is 2. The van der Waals surface area contributed by atoms with Crippen molar-refractivity contribution in [3.8, 4) is 51.7 Å². The minimum atomic E-state index is 0.237. The van der Waals surface area contributed by atoms with Crippen molar-refractivity contribution in [1.82, 2.24) is 4.98 Å². The molecule has 0 spiro atoms. The second kappa shape index (κ2) is 13.3. The average molecular weight is 596 g/mol. The first-order valence-electron chi connectivity index (χ1n) is 13.7. The molecular formula is C34H33N3O7. The van der Waals surface area contributed by atoms with E-state index in [0.717, 1.165) is 22.4 Å². The van der Waals surface area contributed by atoms with Gasteiger partial charge in [0.2, 0.25) is 11.5 Å². The van der Waals surface area contributed by atoms with Crippen molar-refractivity contribution < 1.29 is 33.2 Å². The van der Waals surface area contributed by atoms with Crippen LogP contribution in [0.5, 0.6) is 34.5 Å². The van der Waals surface area contributed by atoms with Crippen LogP contribution in [-0.4, -0.2) is 54.2 Å². The zero-order valence-corrected chi connectivity index (χ0v) is 25.4. The van der Waals surface area contributed by atoms with E-state index in [-0.39, 0.29) is 6.61 Å². The Labute approximate surface area is 256 Å². The number of rotatable bonds is 10. The number of pyridine rings is 1. The zero-order valence-electron chi connectivity index (χ0n) is 25.4. The highest BCUT2D eigenvalue weighted by atomic mass is 16.5. The van der Waals surface area contributed by atoms with E-state index in [4.69, 9.17) is 38.1 Å². The standard InChI is InChI=1S/C34H33N3O7/c1-38-26-13-20(14-27(39-2)32(26)42-5)12-22-18-44-19-25-30(21-15-28(40-3)33(43-6)29(16-21)41-4)24(17-35)34(37-31(22)25)36-23-10-8-7-9-11-23/h7-16H,18-19H2,1-6H3,(H,36,37)/b22-12+. The first-order chi connectivity index (χ1) is 21.5. The van der Waals surface area contributed by atoms with E-state index in [9.17, 15) is 5.26 Å². The lowest BCUT2D eigenvalue weighted by Crippen LogP contribution is -2.15. The Morgan fingerprint density at radius 3 is 1.86 bits per heavy atom. The van der Waals surface area contributed by atoms with Crippen molar-refractivity contribution in [3.05, 3.63) is 77.0 Å². The van der Waals surface area contributed by atoms with Crippen molar-refractivity contribution in [2.45, 2.75) is 6.61 Å². The number of aromatic nitrogens is 1. The van der Waals surface area contributed by atoms with Crippen LogP contribution in [0.4, 0.5) is 11.5 Å². The molecule has 1 N–H and O–H groups in total. The Kier molecular flexibility index (Phi) is 9.07. The number of ether oxygens (including phenoxy) is 7. The number of hydrogen-bond donors (Lipinski definition) is 1. The Bertz CT molecular complexity index is 1700. The summed E-state index contributed by atoms with van der Waals surface area (Å²) in [5.41, 5.74) is 5.49. The molecule has 226 valence electrons. The quantitative estimate of drug-likeness (QED) is 0.218. The van der Waals surface area contributed by atoms with Gasteiger partial charge in [-0.1, -0.05) is 18.2 Å². The largest absolute Gasteiger partial charge is 0.493 e. The fraction of sp³-hybridized carbons (Fsp3) is 0.235. The molecule has 10 heteroatoms. The van der Waals surface area contributed by atoms with Gasteiger partial charge in [0, 0.05) is 22.4 Å². The monoisotopic (exact) mass is 595 g/mol. The number of para-hydroxylation sites is 1. The summed E-state index contributed by atoms with van der Waals surface area (Å²) in [6, 6.07) is 19.3. The normalized spacial score (nSPS) is 13.0. The molecule has 44 heavy (non-hydrogen) atoms. The fourth-order valence-electron chi connectivity index (χ4n) is 5.26. The molecule has 2 heterocycles. The van der Waals surface area contributed by atoms with Gasteiger partial charge in [-0.25, -0.2) is 4.98 Å². The molecule has 0 aliphatic carbocycles. The van der Waals surface area contributed by atoms with Crippen LogP contribution in [-0.2, 0) is 11.3 Å². The lowest BCUT2D eigenvalue weighted by Gasteiger charge is -2.25. The highest BCUT2D eigenvalue weighted by Crippen LogP contribution is 2.46. The third-order valence-corrected chi connectivity index (χ3v) is 7.24. The number of benzene rings is 3. The predicted octanol–water partition coefficient (Wildman–Crippen LogP) is 6.49. The molecular weight excluding hydrogens is 562 g/mol. The van der Waals surface area contributed by atoms with Crippen molar-refractivity contribution in [3.63, 3.8) is 0 Å². The summed E-state index contributed by atoms with van der Waals surface area (Å²) in [6.45, 7) is 0.531. The van der Waals surface area contributed by atoms with Gasteiger partial charge in [-0.15, -0.1) is 0 Å². The highest BCUT2D eigenvalue weighted by molar-refractivity contribution is 5.91. The van der Waals surface area contributed by atoms with Gasteiger partial charge in [-0.2, -0.15) is 5.26 Å². The Morgan fingerprint density at radius 2 is 1.34 bits per heavy atom. The van der Waals surface area contributed by atoms with Crippen LogP contribution in [0, 0.1) is 11.3 Å². The zero-order chi connectivity index (χ0) is 31.2. The van der Waals surface area contributed by atoms with Gasteiger partial charge in [0.05, 0.1) is 61.6 Å². The van der Waals surface area contributed by atoms with Crippen LogP contribution in [0.3, 0.4) is 0 Å². The SMILES string of the molecule is COc1cc(/C=C2\COCc3c2nc(Nc2ccccc2)c(C#N)c3-c2cc(OC)c(OC)c(OC)c2)cc(OC)c1OC. The van der Waals surface area contributed by atoms with Crippen LogP contribution < -0.4 is 33.7 Å². The molecule has 0 saturated heterocycles. The van der Waals surface area contributed by atoms with E-state index in [2.05, 4.69) is 11.4 Å². The van der Waals surface area contributed by atoms with Gasteiger partial charge in [-0.05, 0) is 53.6 Å². The van der Waals surface area contributed by atoms with Crippen LogP contribution >= 0.6 is 0 Å². The molecule has 0 fully saturated rings. The minimum Gasteiger partial charge on any atom is -0.493 e. The van der Waals surface area contributed by atoms with Crippen molar-refractivity contribution in [1.29, 1.82) is 5.26 Å². The lowest BCUT2D eigenvalue weighted by atomic mass is 9.90. The summed E-state index contributed by atoms with van der Waals surface area (Å²) in [7, 11) is 9.36. The summed E-state index contributed by atoms with van der Waals surface area (Å²) in [5.74, 6) is 3.30. The van der Waals surface area contributed by atoms with E-state index in [1.807, 2.05) is 60.7 Å². The van der Waals surface area contributed by atoms with E-state index < -0.39 is 0 Å². The highest BCUT2D eigenvalue weighted by Gasteiger charge is 2.28. The van der Waals surface area contributed by atoms with Gasteiger partial charge >= 0.3 is 0 Å². The summed E-state index contributed by atoms with van der Waals surface area (Å²) < 4.78 is 39.6. The number of nitriles is 1. The van der Waals surface area contributed by atoms with Gasteiger partial charge in [0.1, 0.15) is 17.5 Å². The number of nitrogens with zero attached hydrogens (tertiary/aromatic N) is 2. The summed E-state index contributed by atoms with van der Waals surface area (Å²) >= 11 is 0. The smallest absolute Gasteiger partial charge is 0.203 e. The van der Waals surface area contributed by atoms with Crippen LogP contribution in [0.2, 0.25) is 0 Å². The number of hydrogen-bond acceptors (Lipinski definition) is 10. The molecule has 1 aliphatic rings. The van der Waals surface area contributed by atoms with Gasteiger partial charge in [-0.3, -0.25) is 0 Å². The molecule has 4 aromatic rings. The van der Waals surface area contributed by atoms with Crippen molar-refractivity contribution >= 4 is 23.2 Å². The molecule has 0 saturated carbocycles. The Morgan fingerprint density at radius 1 is 0.773 bits per heavy atom. The van der Waals surface area contributed by atoms with Crippen LogP contribution in [0.25, 0.3) is 22.8 Å². The lowest BCUT2D eigenvalue weighted by molar-refractivity contribution is 0.146. The molecule has 0 unspecified atom stereocenters. The van der Waals surface area contributed by atoms with E-state index in [1.54, 1.807) is 42.7 Å². The van der Waals surface area contributed by atoms with E-state index in [0.29, 0.717) is 69.3 Å². The maximum absolute atomic E-state index is 10.5. The van der Waals surface area contributed by atoms with E-state index >= 15 is 0 Å². The maximum Gasteiger partial charge on any atom is 0.203 e. The number of nitrogens with one attached hydrogen (secondary N) is 1. The Hall–Kier alpha value is -5.40. The molecule has 0 atom stereocenters. The molecule has 1 aliphatic heterocycles. The van der Waals surface area contributed by atoms with E-state index in [1.165, 1.54) is 0 Å². The maximum atomic E-state index is 10.5. The second-order valence-electron chi connectivity index (χ2n) is 9.68. The van der Waals surface area contributed by atoms with Gasteiger partial charge in [0.25, 0.3) is 0 Å². The number of methoxy groups -OCH3 is 6. The molecule has 10 nitrogen and oxygen atoms in total. The molecule has 0 bridgehead atoms. The van der Waals surface area contributed by atoms with Crippen molar-refractivity contribution in [2.24, 2.45) is 0 Å². The number of fused-ring (bicyclic) bond motifs is 1.